The van der Waals surface area contributed by atoms with Gasteiger partial charge in [-0.3, -0.25) is 9.78 Å². The second-order valence-electron chi connectivity index (χ2n) is 9.42. The Morgan fingerprint density at radius 1 is 1.05 bits per heavy atom. The molecular weight excluding hydrogens is 485 g/mol. The molecule has 0 aliphatic carbocycles. The molecule has 1 saturated heterocycles. The summed E-state index contributed by atoms with van der Waals surface area (Å²) in [6, 6.07) is 21.7. The number of rotatable bonds is 6. The van der Waals surface area contributed by atoms with E-state index in [1.165, 1.54) is 12.1 Å². The van der Waals surface area contributed by atoms with Gasteiger partial charge in [0.15, 0.2) is 5.11 Å². The van der Waals surface area contributed by atoms with Crippen LogP contribution in [0.5, 0.6) is 0 Å². The van der Waals surface area contributed by atoms with Crippen molar-refractivity contribution in [1.82, 2.24) is 14.9 Å². The summed E-state index contributed by atoms with van der Waals surface area (Å²) in [6.07, 6.45) is 3.69. The van der Waals surface area contributed by atoms with Gasteiger partial charge in [-0.15, -0.1) is 0 Å². The van der Waals surface area contributed by atoms with Gasteiger partial charge in [0.25, 0.3) is 0 Å². The summed E-state index contributed by atoms with van der Waals surface area (Å²) in [5.74, 6) is -0.450. The Kier molecular flexibility index (Phi) is 6.76. The fraction of sp³-hybridized carbons (Fsp3) is 0.207. The van der Waals surface area contributed by atoms with Gasteiger partial charge >= 0.3 is 0 Å². The smallest absolute Gasteiger partial charge is 0.226 e. The summed E-state index contributed by atoms with van der Waals surface area (Å²) in [4.78, 5) is 19.0. The van der Waals surface area contributed by atoms with Crippen molar-refractivity contribution < 1.29 is 9.18 Å². The SMILES string of the molecule is Cc1cc(N2C(=S)N[C@H](c3ccccn3)[C@H]2c2cccn2-c2cccc(F)c2)ccc1NC(=O)C(C)C. The maximum absolute atomic E-state index is 14.1. The number of halogens is 1. The lowest BCUT2D eigenvalue weighted by Gasteiger charge is -2.29. The molecule has 2 atom stereocenters. The Morgan fingerprint density at radius 3 is 2.59 bits per heavy atom. The summed E-state index contributed by atoms with van der Waals surface area (Å²) in [6.45, 7) is 5.69. The molecule has 5 rings (SSSR count). The Bertz CT molecular complexity index is 1450. The van der Waals surface area contributed by atoms with Crippen molar-refractivity contribution in [3.05, 3.63) is 108 Å². The van der Waals surface area contributed by atoms with Crippen LogP contribution in [0.2, 0.25) is 0 Å². The van der Waals surface area contributed by atoms with Crippen LogP contribution in [0.1, 0.15) is 42.9 Å². The van der Waals surface area contributed by atoms with Crippen LogP contribution in [0.3, 0.4) is 0 Å². The van der Waals surface area contributed by atoms with E-state index in [1.54, 1.807) is 12.3 Å². The van der Waals surface area contributed by atoms with Crippen LogP contribution in [0.4, 0.5) is 15.8 Å². The first-order valence-corrected chi connectivity index (χ1v) is 12.6. The summed E-state index contributed by atoms with van der Waals surface area (Å²) in [5.41, 5.74) is 5.08. The number of pyridine rings is 1. The molecule has 0 unspecified atom stereocenters. The summed E-state index contributed by atoms with van der Waals surface area (Å²) < 4.78 is 16.1. The Morgan fingerprint density at radius 2 is 1.89 bits per heavy atom. The first-order valence-electron chi connectivity index (χ1n) is 12.2. The number of nitrogens with one attached hydrogen (secondary N) is 2. The molecule has 1 fully saturated rings. The Balaban J connectivity index is 1.60. The molecule has 1 amide bonds. The van der Waals surface area contributed by atoms with E-state index in [9.17, 15) is 9.18 Å². The minimum absolute atomic E-state index is 0.0322. The van der Waals surface area contributed by atoms with Crippen molar-refractivity contribution in [2.75, 3.05) is 10.2 Å². The lowest BCUT2D eigenvalue weighted by molar-refractivity contribution is -0.118. The molecule has 4 aromatic rings. The highest BCUT2D eigenvalue weighted by Crippen LogP contribution is 2.43. The average molecular weight is 514 g/mol. The fourth-order valence-corrected chi connectivity index (χ4v) is 4.99. The fourth-order valence-electron chi connectivity index (χ4n) is 4.64. The second-order valence-corrected chi connectivity index (χ2v) is 9.81. The monoisotopic (exact) mass is 513 g/mol. The number of aromatic nitrogens is 2. The number of benzene rings is 2. The lowest BCUT2D eigenvalue weighted by atomic mass is 10.00. The molecule has 1 aliphatic rings. The van der Waals surface area contributed by atoms with Gasteiger partial charge < -0.3 is 20.1 Å². The Labute approximate surface area is 221 Å². The number of hydrogen-bond acceptors (Lipinski definition) is 3. The van der Waals surface area contributed by atoms with Crippen LogP contribution >= 0.6 is 12.2 Å². The van der Waals surface area contributed by atoms with Crippen LogP contribution in [-0.4, -0.2) is 20.6 Å². The number of aryl methyl sites for hydroxylation is 1. The zero-order valence-corrected chi connectivity index (χ0v) is 21.7. The number of anilines is 2. The van der Waals surface area contributed by atoms with Gasteiger partial charge in [0, 0.05) is 41.1 Å². The maximum Gasteiger partial charge on any atom is 0.226 e. The number of amides is 1. The van der Waals surface area contributed by atoms with Gasteiger partial charge in [-0.25, -0.2) is 4.39 Å². The number of thiocarbonyl (C=S) groups is 1. The van der Waals surface area contributed by atoms with E-state index in [0.717, 1.165) is 34.0 Å². The van der Waals surface area contributed by atoms with E-state index in [4.69, 9.17) is 12.2 Å². The number of hydrogen-bond donors (Lipinski definition) is 2. The van der Waals surface area contributed by atoms with Crippen molar-refractivity contribution in [2.45, 2.75) is 32.9 Å². The highest BCUT2D eigenvalue weighted by Gasteiger charge is 2.42. The standard InChI is InChI=1S/C29H28FN5OS/c1-18(2)28(36)32-23-13-12-22(16-19(23)3)35-27(26(33-29(35)37)24-10-4-5-14-31-24)25-11-7-15-34(25)21-9-6-8-20(30)17-21/h4-18,26-27H,1-3H3,(H,32,36)(H,33,37)/t26-,27-/m1/s1. The third-order valence-electron chi connectivity index (χ3n) is 6.54. The van der Waals surface area contributed by atoms with Crippen molar-refractivity contribution >= 4 is 34.6 Å². The topological polar surface area (TPSA) is 62.2 Å². The highest BCUT2D eigenvalue weighted by atomic mass is 32.1. The van der Waals surface area contributed by atoms with Gasteiger partial charge in [0.05, 0.1) is 11.7 Å². The third kappa shape index (κ3) is 4.84. The zero-order valence-electron chi connectivity index (χ0n) is 20.9. The van der Waals surface area contributed by atoms with E-state index >= 15 is 0 Å². The van der Waals surface area contributed by atoms with Crippen LogP contribution in [0, 0.1) is 18.7 Å². The molecule has 188 valence electrons. The Hall–Kier alpha value is -4.04. The van der Waals surface area contributed by atoms with Crippen molar-refractivity contribution in [3.8, 4) is 5.69 Å². The minimum atomic E-state index is -0.301. The zero-order chi connectivity index (χ0) is 26.1. The summed E-state index contributed by atoms with van der Waals surface area (Å²) >= 11 is 5.86. The number of nitrogens with zero attached hydrogens (tertiary/aromatic N) is 3. The van der Waals surface area contributed by atoms with Crippen molar-refractivity contribution in [1.29, 1.82) is 0 Å². The molecule has 2 aromatic heterocycles. The van der Waals surface area contributed by atoms with Gasteiger partial charge in [-0.05, 0) is 85.4 Å². The molecule has 0 spiro atoms. The van der Waals surface area contributed by atoms with Crippen molar-refractivity contribution in [2.24, 2.45) is 5.92 Å². The van der Waals surface area contributed by atoms with E-state index in [-0.39, 0.29) is 29.7 Å². The highest BCUT2D eigenvalue weighted by molar-refractivity contribution is 7.80. The lowest BCUT2D eigenvalue weighted by Crippen LogP contribution is -2.30. The predicted octanol–water partition coefficient (Wildman–Crippen LogP) is 6.09. The summed E-state index contributed by atoms with van der Waals surface area (Å²) in [7, 11) is 0. The van der Waals surface area contributed by atoms with E-state index in [2.05, 4.69) is 20.5 Å². The molecule has 8 heteroatoms. The first kappa shape index (κ1) is 24.6. The third-order valence-corrected chi connectivity index (χ3v) is 6.85. The second kappa shape index (κ2) is 10.1. The molecule has 0 bridgehead atoms. The van der Waals surface area contributed by atoms with Crippen LogP contribution < -0.4 is 15.5 Å². The van der Waals surface area contributed by atoms with E-state index in [1.807, 2.05) is 86.1 Å². The molecule has 2 N–H and O–H groups in total. The predicted molar refractivity (Wildman–Crippen MR) is 148 cm³/mol. The van der Waals surface area contributed by atoms with Crippen LogP contribution in [0.25, 0.3) is 5.69 Å². The van der Waals surface area contributed by atoms with Gasteiger partial charge in [0.1, 0.15) is 11.9 Å². The molecule has 2 aromatic carbocycles. The molecular formula is C29H28FN5OS. The molecule has 1 aliphatic heterocycles. The molecule has 6 nitrogen and oxygen atoms in total. The van der Waals surface area contributed by atoms with Gasteiger partial charge in [0.2, 0.25) is 5.91 Å². The van der Waals surface area contributed by atoms with E-state index in [0.29, 0.717) is 5.11 Å². The first-order chi connectivity index (χ1) is 17.8. The molecule has 3 heterocycles. The molecule has 0 saturated carbocycles. The normalized spacial score (nSPS) is 17.2. The minimum Gasteiger partial charge on any atom is -0.351 e. The summed E-state index contributed by atoms with van der Waals surface area (Å²) in [5, 5.41) is 7.02. The van der Waals surface area contributed by atoms with Gasteiger partial charge in [-0.1, -0.05) is 26.0 Å². The largest absolute Gasteiger partial charge is 0.351 e. The van der Waals surface area contributed by atoms with Crippen molar-refractivity contribution in [3.63, 3.8) is 0 Å². The quantitative estimate of drug-likeness (QED) is 0.306. The van der Waals surface area contributed by atoms with Crippen LogP contribution in [-0.2, 0) is 4.79 Å². The maximum atomic E-state index is 14.1. The van der Waals surface area contributed by atoms with Gasteiger partial charge in [-0.2, -0.15) is 0 Å². The molecule has 0 radical (unpaired) electrons. The average Bonchev–Trinajstić information content (AvgIpc) is 3.50. The number of carbonyl (C=O) groups excluding carboxylic acids is 1. The number of carbonyl (C=O) groups is 1. The molecule has 37 heavy (non-hydrogen) atoms. The van der Waals surface area contributed by atoms with E-state index < -0.39 is 0 Å². The van der Waals surface area contributed by atoms with Crippen LogP contribution in [0.15, 0.2) is 85.2 Å².